The maximum absolute atomic E-state index is 12.5. The van der Waals surface area contributed by atoms with Gasteiger partial charge in [0.15, 0.2) is 9.84 Å². The fourth-order valence-corrected chi connectivity index (χ4v) is 4.66. The van der Waals surface area contributed by atoms with E-state index in [0.717, 1.165) is 4.90 Å². The average molecular weight is 386 g/mol. The third-order valence-electron chi connectivity index (χ3n) is 3.61. The molecule has 0 aromatic heterocycles. The van der Waals surface area contributed by atoms with Crippen molar-refractivity contribution in [1.29, 1.82) is 0 Å². The molecule has 0 saturated carbocycles. The molecule has 1 atom stereocenters. The van der Waals surface area contributed by atoms with Gasteiger partial charge in [-0.05, 0) is 18.2 Å². The Balaban J connectivity index is 2.07. The Morgan fingerprint density at radius 3 is 2.92 bits per heavy atom. The number of ether oxygens (including phenoxy) is 1. The molecule has 138 valence electrons. The van der Waals surface area contributed by atoms with E-state index in [0.29, 0.717) is 25.3 Å². The first kappa shape index (κ1) is 19.7. The normalized spacial score (nSPS) is 17.4. The van der Waals surface area contributed by atoms with Crippen molar-refractivity contribution in [2.24, 2.45) is 0 Å². The van der Waals surface area contributed by atoms with Crippen LogP contribution in [0.25, 0.3) is 0 Å². The number of fused-ring (bicyclic) bond motifs is 1. The van der Waals surface area contributed by atoms with Crippen LogP contribution in [0.2, 0.25) is 0 Å². The SMILES string of the molecule is COCCNC(=O)CCS(=O)(=O)c1ccc2c(c1)NC(=O)C[C@H](C)S2. The lowest BCUT2D eigenvalue weighted by molar-refractivity contribution is -0.121. The predicted octanol–water partition coefficient (Wildman–Crippen LogP) is 1.44. The van der Waals surface area contributed by atoms with Crippen molar-refractivity contribution in [1.82, 2.24) is 5.32 Å². The zero-order chi connectivity index (χ0) is 18.4. The first-order valence-electron chi connectivity index (χ1n) is 7.91. The highest BCUT2D eigenvalue weighted by Crippen LogP contribution is 2.36. The summed E-state index contributed by atoms with van der Waals surface area (Å²) in [6, 6.07) is 4.69. The van der Waals surface area contributed by atoms with E-state index >= 15 is 0 Å². The molecular weight excluding hydrogens is 364 g/mol. The Morgan fingerprint density at radius 1 is 1.44 bits per heavy atom. The largest absolute Gasteiger partial charge is 0.383 e. The van der Waals surface area contributed by atoms with Gasteiger partial charge >= 0.3 is 0 Å². The lowest BCUT2D eigenvalue weighted by Gasteiger charge is -2.10. The summed E-state index contributed by atoms with van der Waals surface area (Å²) < 4.78 is 29.7. The van der Waals surface area contributed by atoms with Gasteiger partial charge in [0.25, 0.3) is 0 Å². The second-order valence-electron chi connectivity index (χ2n) is 5.75. The first-order chi connectivity index (χ1) is 11.8. The standard InChI is InChI=1S/C16H22N2O5S2/c1-11-9-16(20)18-13-10-12(3-4-14(13)24-11)25(21,22)8-5-15(19)17-6-7-23-2/h3-4,10-11H,5-9H2,1-2H3,(H,17,19)(H,18,20)/t11-/m0/s1. The Labute approximate surface area is 151 Å². The highest BCUT2D eigenvalue weighted by Gasteiger charge is 2.22. The molecule has 1 aromatic carbocycles. The third-order valence-corrected chi connectivity index (χ3v) is 6.50. The van der Waals surface area contributed by atoms with Crippen LogP contribution in [0.1, 0.15) is 19.8 Å². The van der Waals surface area contributed by atoms with E-state index in [2.05, 4.69) is 10.6 Å². The molecule has 0 radical (unpaired) electrons. The van der Waals surface area contributed by atoms with Crippen LogP contribution in [-0.4, -0.2) is 51.5 Å². The molecule has 2 N–H and O–H groups in total. The van der Waals surface area contributed by atoms with Gasteiger partial charge in [-0.15, -0.1) is 11.8 Å². The van der Waals surface area contributed by atoms with Gasteiger partial charge in [-0.3, -0.25) is 9.59 Å². The zero-order valence-electron chi connectivity index (χ0n) is 14.2. The van der Waals surface area contributed by atoms with Gasteiger partial charge in [-0.2, -0.15) is 0 Å². The van der Waals surface area contributed by atoms with Crippen LogP contribution in [0.15, 0.2) is 28.0 Å². The van der Waals surface area contributed by atoms with Gasteiger partial charge in [-0.25, -0.2) is 8.42 Å². The topological polar surface area (TPSA) is 102 Å². The van der Waals surface area contributed by atoms with E-state index in [-0.39, 0.29) is 34.1 Å². The molecule has 0 spiro atoms. The van der Waals surface area contributed by atoms with Crippen LogP contribution in [0.4, 0.5) is 5.69 Å². The van der Waals surface area contributed by atoms with Crippen molar-refractivity contribution in [3.8, 4) is 0 Å². The van der Waals surface area contributed by atoms with E-state index in [4.69, 9.17) is 4.74 Å². The minimum Gasteiger partial charge on any atom is -0.383 e. The van der Waals surface area contributed by atoms with Crippen LogP contribution in [0.3, 0.4) is 0 Å². The molecule has 25 heavy (non-hydrogen) atoms. The number of hydrogen-bond donors (Lipinski definition) is 2. The number of sulfone groups is 1. The number of thioether (sulfide) groups is 1. The number of anilines is 1. The molecule has 1 aliphatic rings. The van der Waals surface area contributed by atoms with Crippen LogP contribution in [0.5, 0.6) is 0 Å². The molecule has 0 bridgehead atoms. The Hall–Kier alpha value is -1.58. The van der Waals surface area contributed by atoms with Gasteiger partial charge in [0.05, 0.1) is 22.9 Å². The number of methoxy groups -OCH3 is 1. The summed E-state index contributed by atoms with van der Waals surface area (Å²) in [5.41, 5.74) is 0.505. The van der Waals surface area contributed by atoms with Crippen LogP contribution in [-0.2, 0) is 24.2 Å². The highest BCUT2D eigenvalue weighted by molar-refractivity contribution is 8.00. The fourth-order valence-electron chi connectivity index (χ4n) is 2.35. The lowest BCUT2D eigenvalue weighted by atomic mass is 10.3. The predicted molar refractivity (Wildman–Crippen MR) is 96.6 cm³/mol. The first-order valence-corrected chi connectivity index (χ1v) is 10.4. The maximum atomic E-state index is 12.5. The number of nitrogens with one attached hydrogen (secondary N) is 2. The molecule has 2 amide bonds. The monoisotopic (exact) mass is 386 g/mol. The Kier molecular flexibility index (Phi) is 6.86. The second-order valence-corrected chi connectivity index (χ2v) is 9.34. The summed E-state index contributed by atoms with van der Waals surface area (Å²) in [6.07, 6.45) is 0.254. The average Bonchev–Trinajstić information content (AvgIpc) is 2.68. The van der Waals surface area contributed by atoms with Gasteiger partial charge in [0, 0.05) is 36.6 Å². The van der Waals surface area contributed by atoms with Crippen molar-refractivity contribution in [3.05, 3.63) is 18.2 Å². The van der Waals surface area contributed by atoms with Crippen molar-refractivity contribution < 1.29 is 22.7 Å². The van der Waals surface area contributed by atoms with E-state index < -0.39 is 9.84 Å². The Morgan fingerprint density at radius 2 is 2.20 bits per heavy atom. The summed E-state index contributed by atoms with van der Waals surface area (Å²) in [5.74, 6) is -0.763. The van der Waals surface area contributed by atoms with E-state index in [1.54, 1.807) is 6.07 Å². The minimum absolute atomic E-state index is 0.103. The smallest absolute Gasteiger partial charge is 0.225 e. The lowest BCUT2D eigenvalue weighted by Crippen LogP contribution is -2.28. The maximum Gasteiger partial charge on any atom is 0.225 e. The number of amides is 2. The van der Waals surface area contributed by atoms with Crippen molar-refractivity contribution >= 4 is 39.1 Å². The fraction of sp³-hybridized carbons (Fsp3) is 0.500. The molecule has 2 rings (SSSR count). The van der Waals surface area contributed by atoms with Crippen molar-refractivity contribution in [2.75, 3.05) is 31.3 Å². The highest BCUT2D eigenvalue weighted by atomic mass is 32.2. The molecule has 0 aliphatic carbocycles. The summed E-state index contributed by atoms with van der Waals surface area (Å²) >= 11 is 1.53. The minimum atomic E-state index is -3.61. The summed E-state index contributed by atoms with van der Waals surface area (Å²) in [4.78, 5) is 24.4. The molecular formula is C16H22N2O5S2. The molecule has 1 aromatic rings. The quantitative estimate of drug-likeness (QED) is 0.688. The van der Waals surface area contributed by atoms with E-state index in [1.165, 1.54) is 31.0 Å². The molecule has 7 nitrogen and oxygen atoms in total. The van der Waals surface area contributed by atoms with Gasteiger partial charge < -0.3 is 15.4 Å². The van der Waals surface area contributed by atoms with Crippen LogP contribution in [0, 0.1) is 0 Å². The van der Waals surface area contributed by atoms with Crippen LogP contribution < -0.4 is 10.6 Å². The van der Waals surface area contributed by atoms with Gasteiger partial charge in [-0.1, -0.05) is 6.92 Å². The number of carbonyl (C=O) groups excluding carboxylic acids is 2. The van der Waals surface area contributed by atoms with Gasteiger partial charge in [0.2, 0.25) is 11.8 Å². The summed E-state index contributed by atoms with van der Waals surface area (Å²) in [6.45, 7) is 2.67. The van der Waals surface area contributed by atoms with E-state index in [1.807, 2.05) is 6.92 Å². The van der Waals surface area contributed by atoms with Crippen molar-refractivity contribution in [3.63, 3.8) is 0 Å². The third kappa shape index (κ3) is 5.72. The molecule has 9 heteroatoms. The van der Waals surface area contributed by atoms with Gasteiger partial charge in [0.1, 0.15) is 0 Å². The number of benzene rings is 1. The molecule has 1 heterocycles. The molecule has 0 fully saturated rings. The van der Waals surface area contributed by atoms with Crippen molar-refractivity contribution in [2.45, 2.75) is 34.8 Å². The summed E-state index contributed by atoms with van der Waals surface area (Å²) in [7, 11) is -2.09. The number of carbonyl (C=O) groups is 2. The van der Waals surface area contributed by atoms with Crippen LogP contribution >= 0.6 is 11.8 Å². The number of rotatable bonds is 7. The Bertz CT molecular complexity index is 749. The molecule has 0 saturated heterocycles. The molecule has 1 aliphatic heterocycles. The summed E-state index contributed by atoms with van der Waals surface area (Å²) in [5, 5.41) is 5.46. The number of hydrogen-bond acceptors (Lipinski definition) is 6. The molecule has 0 unspecified atom stereocenters. The zero-order valence-corrected chi connectivity index (χ0v) is 15.8. The second kappa shape index (κ2) is 8.68. The van der Waals surface area contributed by atoms with E-state index in [9.17, 15) is 18.0 Å².